The number of phenolic OH excluding ortho intramolecular Hbond substituents is 1. The van der Waals surface area contributed by atoms with Crippen LogP contribution in [0.25, 0.3) is 0 Å². The Bertz CT molecular complexity index is 824. The van der Waals surface area contributed by atoms with Gasteiger partial charge in [-0.3, -0.25) is 0 Å². The third kappa shape index (κ3) is 3.86. The van der Waals surface area contributed by atoms with Gasteiger partial charge in [0.05, 0.1) is 33.1 Å². The fourth-order valence-corrected chi connectivity index (χ4v) is 3.36. The first kappa shape index (κ1) is 18.7. The second kappa shape index (κ2) is 8.07. The van der Waals surface area contributed by atoms with E-state index in [-0.39, 0.29) is 17.8 Å². The molecular formula is C20H24N2O5. The van der Waals surface area contributed by atoms with E-state index in [9.17, 15) is 9.90 Å². The first-order chi connectivity index (χ1) is 13.1. The molecule has 2 N–H and O–H groups in total. The molecule has 3 rings (SSSR count). The van der Waals surface area contributed by atoms with Crippen LogP contribution in [0.15, 0.2) is 36.4 Å². The Hall–Kier alpha value is -3.09. The topological polar surface area (TPSA) is 80.3 Å². The first-order valence-electron chi connectivity index (χ1n) is 8.74. The van der Waals surface area contributed by atoms with E-state index in [2.05, 4.69) is 5.32 Å². The average molecular weight is 372 g/mol. The van der Waals surface area contributed by atoms with Gasteiger partial charge in [0, 0.05) is 24.2 Å². The van der Waals surface area contributed by atoms with Crippen LogP contribution in [0.4, 0.5) is 10.5 Å². The molecule has 0 bridgehead atoms. The molecule has 0 spiro atoms. The zero-order valence-corrected chi connectivity index (χ0v) is 15.7. The first-order valence-corrected chi connectivity index (χ1v) is 8.74. The molecule has 1 unspecified atom stereocenters. The minimum Gasteiger partial charge on any atom is -0.506 e. The highest BCUT2D eigenvalue weighted by Gasteiger charge is 2.32. The number of amides is 2. The van der Waals surface area contributed by atoms with Gasteiger partial charge < -0.3 is 29.5 Å². The van der Waals surface area contributed by atoms with Gasteiger partial charge in [-0.15, -0.1) is 0 Å². The number of ether oxygens (including phenoxy) is 3. The van der Waals surface area contributed by atoms with Gasteiger partial charge in [0.15, 0.2) is 0 Å². The normalized spacial score (nSPS) is 16.1. The van der Waals surface area contributed by atoms with E-state index in [1.165, 1.54) is 13.2 Å². The van der Waals surface area contributed by atoms with Crippen LogP contribution >= 0.6 is 0 Å². The van der Waals surface area contributed by atoms with Gasteiger partial charge in [-0.1, -0.05) is 0 Å². The van der Waals surface area contributed by atoms with Crippen molar-refractivity contribution in [2.45, 2.75) is 18.9 Å². The van der Waals surface area contributed by atoms with E-state index in [0.717, 1.165) is 18.4 Å². The lowest BCUT2D eigenvalue weighted by Gasteiger charge is -2.27. The second-order valence-electron chi connectivity index (χ2n) is 6.27. The largest absolute Gasteiger partial charge is 0.506 e. The van der Waals surface area contributed by atoms with E-state index in [0.29, 0.717) is 29.5 Å². The van der Waals surface area contributed by atoms with Gasteiger partial charge in [0.1, 0.15) is 23.0 Å². The summed E-state index contributed by atoms with van der Waals surface area (Å²) >= 11 is 0. The molecule has 0 radical (unpaired) electrons. The summed E-state index contributed by atoms with van der Waals surface area (Å²) in [5.41, 5.74) is 1.24. The number of phenols is 1. The summed E-state index contributed by atoms with van der Waals surface area (Å²) in [5, 5.41) is 12.8. The van der Waals surface area contributed by atoms with Crippen LogP contribution in [-0.2, 0) is 0 Å². The molecule has 1 aliphatic heterocycles. The minimum absolute atomic E-state index is 0.0121. The summed E-state index contributed by atoms with van der Waals surface area (Å²) in [6, 6.07) is 9.92. The predicted molar refractivity (Wildman–Crippen MR) is 102 cm³/mol. The molecule has 2 amide bonds. The Morgan fingerprint density at radius 1 is 1.07 bits per heavy atom. The fourth-order valence-electron chi connectivity index (χ4n) is 3.36. The van der Waals surface area contributed by atoms with Crippen molar-refractivity contribution in [2.24, 2.45) is 0 Å². The maximum absolute atomic E-state index is 12.9. The van der Waals surface area contributed by atoms with E-state index in [4.69, 9.17) is 14.2 Å². The van der Waals surface area contributed by atoms with Crippen molar-refractivity contribution in [1.29, 1.82) is 0 Å². The SMILES string of the molecule is COc1ccc(O)c(NC(=O)N2CCCC2c2ccc(OC)cc2OC)c1. The lowest BCUT2D eigenvalue weighted by molar-refractivity contribution is 0.206. The standard InChI is InChI=1S/C20H24N2O5/c1-25-13-7-9-18(23)16(11-13)21-20(24)22-10-4-5-17(22)15-8-6-14(26-2)12-19(15)27-3/h6-9,11-12,17,23H,4-5,10H2,1-3H3,(H,21,24). The monoisotopic (exact) mass is 372 g/mol. The number of hydrogen-bond donors (Lipinski definition) is 2. The van der Waals surface area contributed by atoms with Crippen molar-refractivity contribution in [3.05, 3.63) is 42.0 Å². The maximum Gasteiger partial charge on any atom is 0.322 e. The average Bonchev–Trinajstić information content (AvgIpc) is 3.18. The van der Waals surface area contributed by atoms with E-state index < -0.39 is 0 Å². The zero-order valence-electron chi connectivity index (χ0n) is 15.7. The van der Waals surface area contributed by atoms with Gasteiger partial charge in [0.25, 0.3) is 0 Å². The lowest BCUT2D eigenvalue weighted by Crippen LogP contribution is -2.34. The Labute approximate surface area is 158 Å². The number of nitrogens with zero attached hydrogens (tertiary/aromatic N) is 1. The Morgan fingerprint density at radius 2 is 1.78 bits per heavy atom. The molecule has 0 saturated carbocycles. The van der Waals surface area contributed by atoms with Crippen LogP contribution in [0.5, 0.6) is 23.0 Å². The van der Waals surface area contributed by atoms with Crippen molar-refractivity contribution >= 4 is 11.7 Å². The minimum atomic E-state index is -0.279. The molecule has 1 saturated heterocycles. The number of carbonyl (C=O) groups excluding carboxylic acids is 1. The number of anilines is 1. The van der Waals surface area contributed by atoms with Gasteiger partial charge >= 0.3 is 6.03 Å². The number of aromatic hydroxyl groups is 1. The summed E-state index contributed by atoms with van der Waals surface area (Å²) in [5.74, 6) is 1.92. The van der Waals surface area contributed by atoms with E-state index in [1.54, 1.807) is 31.3 Å². The van der Waals surface area contributed by atoms with E-state index >= 15 is 0 Å². The third-order valence-corrected chi connectivity index (χ3v) is 4.76. The molecule has 0 aliphatic carbocycles. The summed E-state index contributed by atoms with van der Waals surface area (Å²) < 4.78 is 15.9. The molecule has 1 heterocycles. The van der Waals surface area contributed by atoms with Crippen LogP contribution in [0.3, 0.4) is 0 Å². The van der Waals surface area contributed by atoms with Crippen molar-refractivity contribution in [1.82, 2.24) is 4.90 Å². The summed E-state index contributed by atoms with van der Waals surface area (Å²) in [4.78, 5) is 14.6. The molecule has 1 atom stereocenters. The second-order valence-corrected chi connectivity index (χ2v) is 6.27. The van der Waals surface area contributed by atoms with Gasteiger partial charge in [0.2, 0.25) is 0 Å². The van der Waals surface area contributed by atoms with E-state index in [1.807, 2.05) is 18.2 Å². The van der Waals surface area contributed by atoms with Crippen LogP contribution in [0.2, 0.25) is 0 Å². The van der Waals surface area contributed by atoms with Crippen molar-refractivity contribution in [2.75, 3.05) is 33.2 Å². The highest BCUT2D eigenvalue weighted by molar-refractivity contribution is 5.91. The molecule has 1 aliphatic rings. The Balaban J connectivity index is 1.83. The molecule has 1 fully saturated rings. The lowest BCUT2D eigenvalue weighted by atomic mass is 10.0. The fraction of sp³-hybridized carbons (Fsp3) is 0.350. The van der Waals surface area contributed by atoms with Crippen LogP contribution in [-0.4, -0.2) is 43.9 Å². The number of nitrogens with one attached hydrogen (secondary N) is 1. The molecule has 0 aromatic heterocycles. The highest BCUT2D eigenvalue weighted by atomic mass is 16.5. The Morgan fingerprint density at radius 3 is 2.48 bits per heavy atom. The van der Waals surface area contributed by atoms with Crippen molar-refractivity contribution in [3.63, 3.8) is 0 Å². The molecule has 7 heteroatoms. The molecule has 2 aromatic carbocycles. The number of rotatable bonds is 5. The van der Waals surface area contributed by atoms with Crippen LogP contribution in [0, 0.1) is 0 Å². The summed E-state index contributed by atoms with van der Waals surface area (Å²) in [6.45, 7) is 0.621. The van der Waals surface area contributed by atoms with Crippen LogP contribution < -0.4 is 19.5 Å². The number of carbonyl (C=O) groups is 1. The quantitative estimate of drug-likeness (QED) is 0.781. The van der Waals surface area contributed by atoms with Gasteiger partial charge in [-0.2, -0.15) is 0 Å². The maximum atomic E-state index is 12.9. The van der Waals surface area contributed by atoms with Crippen LogP contribution in [0.1, 0.15) is 24.4 Å². The number of hydrogen-bond acceptors (Lipinski definition) is 5. The smallest absolute Gasteiger partial charge is 0.322 e. The number of likely N-dealkylation sites (tertiary alicyclic amines) is 1. The molecule has 7 nitrogen and oxygen atoms in total. The number of methoxy groups -OCH3 is 3. The molecule has 2 aromatic rings. The summed E-state index contributed by atoms with van der Waals surface area (Å²) in [7, 11) is 4.74. The van der Waals surface area contributed by atoms with Crippen molar-refractivity contribution < 1.29 is 24.1 Å². The molecule has 144 valence electrons. The third-order valence-electron chi connectivity index (χ3n) is 4.76. The highest BCUT2D eigenvalue weighted by Crippen LogP contribution is 2.39. The molecular weight excluding hydrogens is 348 g/mol. The number of urea groups is 1. The van der Waals surface area contributed by atoms with Gasteiger partial charge in [-0.25, -0.2) is 4.79 Å². The number of benzene rings is 2. The summed E-state index contributed by atoms with van der Waals surface area (Å²) in [6.07, 6.45) is 1.72. The molecule has 27 heavy (non-hydrogen) atoms. The van der Waals surface area contributed by atoms with Crippen molar-refractivity contribution in [3.8, 4) is 23.0 Å². The Kier molecular flexibility index (Phi) is 5.59. The van der Waals surface area contributed by atoms with Gasteiger partial charge in [-0.05, 0) is 37.1 Å². The zero-order chi connectivity index (χ0) is 19.4. The predicted octanol–water partition coefficient (Wildman–Crippen LogP) is 3.79.